The number of benzene rings is 1. The molecule has 0 aromatic heterocycles. The third kappa shape index (κ3) is 3.25. The quantitative estimate of drug-likeness (QED) is 0.769. The summed E-state index contributed by atoms with van der Waals surface area (Å²) < 4.78 is 0. The lowest BCUT2D eigenvalue weighted by Gasteiger charge is -2.11. The summed E-state index contributed by atoms with van der Waals surface area (Å²) in [5.74, 6) is 2.04. The molecule has 0 radical (unpaired) electrons. The molecule has 1 aliphatic rings. The summed E-state index contributed by atoms with van der Waals surface area (Å²) in [5.41, 5.74) is 7.45. The fourth-order valence-electron chi connectivity index (χ4n) is 1.83. The molecule has 0 bridgehead atoms. The lowest BCUT2D eigenvalue weighted by atomic mass is 10.0. The molecular weight excluding hydrogens is 202 g/mol. The highest BCUT2D eigenvalue weighted by molar-refractivity contribution is 7.99. The smallest absolute Gasteiger partial charge is 0.0297 e. The third-order valence-electron chi connectivity index (χ3n) is 2.90. The molecule has 1 fully saturated rings. The van der Waals surface area contributed by atoms with Gasteiger partial charge in [-0.1, -0.05) is 31.9 Å². The Balaban J connectivity index is 1.95. The van der Waals surface area contributed by atoms with E-state index in [-0.39, 0.29) is 6.04 Å². The zero-order chi connectivity index (χ0) is 10.7. The molecule has 15 heavy (non-hydrogen) atoms. The first-order valence-electron chi connectivity index (χ1n) is 5.78. The van der Waals surface area contributed by atoms with Crippen molar-refractivity contribution < 1.29 is 0 Å². The molecule has 82 valence electrons. The van der Waals surface area contributed by atoms with Crippen LogP contribution in [-0.4, -0.2) is 5.75 Å². The van der Waals surface area contributed by atoms with Crippen LogP contribution in [0.4, 0.5) is 0 Å². The summed E-state index contributed by atoms with van der Waals surface area (Å²) in [6.45, 7) is 2.18. The molecule has 0 amide bonds. The lowest BCUT2D eigenvalue weighted by Crippen LogP contribution is -2.10. The van der Waals surface area contributed by atoms with Gasteiger partial charge in [-0.25, -0.2) is 0 Å². The van der Waals surface area contributed by atoms with Gasteiger partial charge in [0.15, 0.2) is 0 Å². The van der Waals surface area contributed by atoms with Crippen LogP contribution < -0.4 is 5.73 Å². The summed E-state index contributed by atoms with van der Waals surface area (Å²) in [6.07, 6.45) is 3.94. The Hall–Kier alpha value is -0.470. The van der Waals surface area contributed by atoms with Crippen molar-refractivity contribution in [2.45, 2.75) is 37.1 Å². The molecular formula is C13H19NS. The van der Waals surface area contributed by atoms with Crippen LogP contribution in [0.2, 0.25) is 0 Å². The third-order valence-corrected chi connectivity index (χ3v) is 3.80. The zero-order valence-electron chi connectivity index (χ0n) is 9.28. The van der Waals surface area contributed by atoms with Gasteiger partial charge in [-0.05, 0) is 35.8 Å². The molecule has 2 rings (SSSR count). The molecule has 0 aliphatic heterocycles. The second-order valence-corrected chi connectivity index (χ2v) is 5.63. The Morgan fingerprint density at radius 2 is 2.00 bits per heavy atom. The minimum Gasteiger partial charge on any atom is -0.324 e. The lowest BCUT2D eigenvalue weighted by molar-refractivity contribution is 0.597. The fraction of sp³-hybridized carbons (Fsp3) is 0.538. The van der Waals surface area contributed by atoms with Gasteiger partial charge >= 0.3 is 0 Å². The van der Waals surface area contributed by atoms with Crippen LogP contribution in [-0.2, 0) is 0 Å². The number of nitrogens with two attached hydrogens (primary N) is 1. The van der Waals surface area contributed by atoms with Gasteiger partial charge in [0.25, 0.3) is 0 Å². The molecule has 1 aliphatic carbocycles. The minimum atomic E-state index is 0.248. The van der Waals surface area contributed by atoms with Gasteiger partial charge < -0.3 is 5.73 Å². The maximum Gasteiger partial charge on any atom is 0.0297 e. The summed E-state index contributed by atoms with van der Waals surface area (Å²) in [5, 5.41) is 0. The fourth-order valence-corrected chi connectivity index (χ4v) is 2.49. The van der Waals surface area contributed by atoms with Crippen LogP contribution >= 0.6 is 11.8 Å². The Bertz CT molecular complexity index is 303. The molecule has 0 saturated heterocycles. The first kappa shape index (κ1) is 11.0. The van der Waals surface area contributed by atoms with E-state index < -0.39 is 0 Å². The van der Waals surface area contributed by atoms with E-state index in [2.05, 4.69) is 31.2 Å². The van der Waals surface area contributed by atoms with Crippen molar-refractivity contribution in [3.63, 3.8) is 0 Å². The van der Waals surface area contributed by atoms with Crippen LogP contribution in [0.25, 0.3) is 0 Å². The van der Waals surface area contributed by atoms with Gasteiger partial charge in [-0.15, -0.1) is 11.8 Å². The highest BCUT2D eigenvalue weighted by atomic mass is 32.2. The highest BCUT2D eigenvalue weighted by Gasteiger charge is 2.24. The van der Waals surface area contributed by atoms with Crippen molar-refractivity contribution in [3.8, 4) is 0 Å². The van der Waals surface area contributed by atoms with Crippen LogP contribution in [0, 0.1) is 5.92 Å². The maximum absolute atomic E-state index is 6.15. The van der Waals surface area contributed by atoms with Crippen molar-refractivity contribution in [2.24, 2.45) is 11.7 Å². The number of hydrogen-bond donors (Lipinski definition) is 1. The Morgan fingerprint density at radius 1 is 1.33 bits per heavy atom. The van der Waals surface area contributed by atoms with Gasteiger partial charge in [-0.3, -0.25) is 0 Å². The van der Waals surface area contributed by atoms with E-state index >= 15 is 0 Å². The van der Waals surface area contributed by atoms with Gasteiger partial charge in [0, 0.05) is 10.9 Å². The SMILES string of the molecule is CCSc1ccc([C@H](N)CC2CC2)cc1. The normalized spacial score (nSPS) is 17.7. The van der Waals surface area contributed by atoms with E-state index in [4.69, 9.17) is 5.73 Å². The highest BCUT2D eigenvalue weighted by Crippen LogP contribution is 2.36. The zero-order valence-corrected chi connectivity index (χ0v) is 10.1. The predicted octanol–water partition coefficient (Wildman–Crippen LogP) is 3.60. The van der Waals surface area contributed by atoms with Crippen molar-refractivity contribution in [2.75, 3.05) is 5.75 Å². The summed E-state index contributed by atoms with van der Waals surface area (Å²) in [6, 6.07) is 9.00. The molecule has 2 N–H and O–H groups in total. The largest absolute Gasteiger partial charge is 0.324 e. The minimum absolute atomic E-state index is 0.248. The Kier molecular flexibility index (Phi) is 3.71. The van der Waals surface area contributed by atoms with E-state index in [0.717, 1.165) is 11.7 Å². The summed E-state index contributed by atoms with van der Waals surface area (Å²) >= 11 is 1.88. The topological polar surface area (TPSA) is 26.0 Å². The van der Waals surface area contributed by atoms with Gasteiger partial charge in [0.1, 0.15) is 0 Å². The monoisotopic (exact) mass is 221 g/mol. The van der Waals surface area contributed by atoms with E-state index in [1.807, 2.05) is 11.8 Å². The summed E-state index contributed by atoms with van der Waals surface area (Å²) in [4.78, 5) is 1.35. The molecule has 1 nitrogen and oxygen atoms in total. The van der Waals surface area contributed by atoms with Gasteiger partial charge in [0.2, 0.25) is 0 Å². The Morgan fingerprint density at radius 3 is 2.53 bits per heavy atom. The van der Waals surface area contributed by atoms with E-state index in [1.165, 1.54) is 29.7 Å². The molecule has 1 aromatic rings. The van der Waals surface area contributed by atoms with Crippen molar-refractivity contribution in [3.05, 3.63) is 29.8 Å². The van der Waals surface area contributed by atoms with Gasteiger partial charge in [0.05, 0.1) is 0 Å². The van der Waals surface area contributed by atoms with Crippen molar-refractivity contribution >= 4 is 11.8 Å². The number of hydrogen-bond acceptors (Lipinski definition) is 2. The van der Waals surface area contributed by atoms with E-state index in [9.17, 15) is 0 Å². The summed E-state index contributed by atoms with van der Waals surface area (Å²) in [7, 11) is 0. The maximum atomic E-state index is 6.15. The second-order valence-electron chi connectivity index (χ2n) is 4.29. The van der Waals surface area contributed by atoms with E-state index in [1.54, 1.807) is 0 Å². The van der Waals surface area contributed by atoms with Crippen LogP contribution in [0.15, 0.2) is 29.2 Å². The van der Waals surface area contributed by atoms with Crippen LogP contribution in [0.5, 0.6) is 0 Å². The van der Waals surface area contributed by atoms with Gasteiger partial charge in [-0.2, -0.15) is 0 Å². The average molecular weight is 221 g/mol. The molecule has 0 heterocycles. The second kappa shape index (κ2) is 5.04. The molecule has 0 unspecified atom stereocenters. The molecule has 1 atom stereocenters. The van der Waals surface area contributed by atoms with Crippen molar-refractivity contribution in [1.29, 1.82) is 0 Å². The van der Waals surface area contributed by atoms with Crippen LogP contribution in [0.1, 0.15) is 37.8 Å². The first-order valence-corrected chi connectivity index (χ1v) is 6.76. The van der Waals surface area contributed by atoms with Crippen molar-refractivity contribution in [1.82, 2.24) is 0 Å². The first-order chi connectivity index (χ1) is 7.29. The van der Waals surface area contributed by atoms with Crippen LogP contribution in [0.3, 0.4) is 0 Å². The standard InChI is InChI=1S/C13H19NS/c1-2-15-12-7-5-11(6-8-12)13(14)9-10-3-4-10/h5-8,10,13H,2-4,9,14H2,1H3/t13-/m1/s1. The average Bonchev–Trinajstić information content (AvgIpc) is 3.03. The Labute approximate surface area is 96.4 Å². The molecule has 1 saturated carbocycles. The molecule has 2 heteroatoms. The van der Waals surface area contributed by atoms with E-state index in [0.29, 0.717) is 0 Å². The molecule has 1 aromatic carbocycles. The predicted molar refractivity (Wildman–Crippen MR) is 67.1 cm³/mol. The molecule has 0 spiro atoms. The number of rotatable bonds is 5. The number of thioether (sulfide) groups is 1.